The van der Waals surface area contributed by atoms with Gasteiger partial charge in [-0.1, -0.05) is 0 Å². The molecule has 1 aromatic carbocycles. The van der Waals surface area contributed by atoms with Crippen LogP contribution in [0.3, 0.4) is 0 Å². The molecule has 1 fully saturated rings. The van der Waals surface area contributed by atoms with Crippen LogP contribution in [0.25, 0.3) is 0 Å². The number of imide groups is 1. The van der Waals surface area contributed by atoms with Crippen molar-refractivity contribution in [2.45, 2.75) is 25.3 Å². The van der Waals surface area contributed by atoms with E-state index in [1.165, 1.54) is 0 Å². The van der Waals surface area contributed by atoms with Gasteiger partial charge >= 0.3 is 5.97 Å². The number of hydrogen-bond acceptors (Lipinski definition) is 8. The zero-order valence-electron chi connectivity index (χ0n) is 14.2. The van der Waals surface area contributed by atoms with Crippen LogP contribution in [0.15, 0.2) is 34.7 Å². The maximum Gasteiger partial charge on any atom is 0.354 e. The molecule has 26 heavy (non-hydrogen) atoms. The highest BCUT2D eigenvalue weighted by atomic mass is 16.5. The van der Waals surface area contributed by atoms with Gasteiger partial charge in [0, 0.05) is 6.42 Å². The second kappa shape index (κ2) is 6.54. The van der Waals surface area contributed by atoms with E-state index in [1.54, 1.807) is 24.3 Å². The molecule has 2 aliphatic heterocycles. The second-order valence-corrected chi connectivity index (χ2v) is 5.76. The van der Waals surface area contributed by atoms with E-state index in [-0.39, 0.29) is 18.6 Å². The third-order valence-electron chi connectivity index (χ3n) is 4.26. The van der Waals surface area contributed by atoms with Gasteiger partial charge < -0.3 is 9.47 Å². The zero-order valence-corrected chi connectivity index (χ0v) is 14.2. The van der Waals surface area contributed by atoms with Crippen molar-refractivity contribution in [3.8, 4) is 5.75 Å². The van der Waals surface area contributed by atoms with Crippen molar-refractivity contribution < 1.29 is 23.9 Å². The highest BCUT2D eigenvalue weighted by molar-refractivity contribution is 6.39. The molecule has 0 N–H and O–H groups in total. The number of carbonyl (C=O) groups is 3. The average Bonchev–Trinajstić information content (AvgIpc) is 3.13. The summed E-state index contributed by atoms with van der Waals surface area (Å²) in [5, 5.41) is 7.04. The molecular weight excluding hydrogens is 344 g/mol. The van der Waals surface area contributed by atoms with Crippen LogP contribution < -0.4 is 9.64 Å². The third kappa shape index (κ3) is 2.59. The molecule has 0 bridgehead atoms. The summed E-state index contributed by atoms with van der Waals surface area (Å²) in [6.07, 6.45) is -0.557. The van der Waals surface area contributed by atoms with Crippen LogP contribution in [0.1, 0.15) is 19.8 Å². The summed E-state index contributed by atoms with van der Waals surface area (Å²) in [7, 11) is 1.16. The van der Waals surface area contributed by atoms with E-state index >= 15 is 0 Å². The summed E-state index contributed by atoms with van der Waals surface area (Å²) < 4.78 is 9.91. The summed E-state index contributed by atoms with van der Waals surface area (Å²) in [6, 6.07) is 6.39. The number of benzene rings is 1. The fraction of sp³-hybridized carbons (Fsp3) is 0.375. The molecule has 0 radical (unpaired) electrons. The highest BCUT2D eigenvalue weighted by Crippen LogP contribution is 2.40. The van der Waals surface area contributed by atoms with E-state index in [2.05, 4.69) is 15.1 Å². The smallest absolute Gasteiger partial charge is 0.354 e. The van der Waals surface area contributed by atoms with Gasteiger partial charge in [-0.3, -0.25) is 9.59 Å². The van der Waals surface area contributed by atoms with Gasteiger partial charge in [0.15, 0.2) is 11.3 Å². The third-order valence-corrected chi connectivity index (χ3v) is 4.26. The molecule has 2 heterocycles. The van der Waals surface area contributed by atoms with Gasteiger partial charge in [0.25, 0.3) is 5.91 Å². The molecule has 136 valence electrons. The Labute approximate surface area is 148 Å². The predicted molar refractivity (Wildman–Crippen MR) is 89.2 cm³/mol. The molecule has 3 rings (SSSR count). The van der Waals surface area contributed by atoms with Gasteiger partial charge in [0.1, 0.15) is 5.75 Å². The van der Waals surface area contributed by atoms with Crippen molar-refractivity contribution in [2.75, 3.05) is 18.6 Å². The fourth-order valence-corrected chi connectivity index (χ4v) is 3.06. The summed E-state index contributed by atoms with van der Waals surface area (Å²) >= 11 is 0. The second-order valence-electron chi connectivity index (χ2n) is 5.76. The van der Waals surface area contributed by atoms with Crippen molar-refractivity contribution in [3.63, 3.8) is 0 Å². The van der Waals surface area contributed by atoms with Crippen LogP contribution in [0, 0.1) is 4.91 Å². The lowest BCUT2D eigenvalue weighted by Crippen LogP contribution is -2.48. The number of amides is 2. The van der Waals surface area contributed by atoms with E-state index in [0.29, 0.717) is 23.2 Å². The highest BCUT2D eigenvalue weighted by Gasteiger charge is 2.61. The van der Waals surface area contributed by atoms with Crippen molar-refractivity contribution in [1.82, 2.24) is 5.12 Å². The molecule has 10 nitrogen and oxygen atoms in total. The molecule has 0 aromatic heterocycles. The van der Waals surface area contributed by atoms with Gasteiger partial charge in [-0.15, -0.1) is 15.1 Å². The zero-order chi connectivity index (χ0) is 18.9. The van der Waals surface area contributed by atoms with E-state index in [9.17, 15) is 19.3 Å². The van der Waals surface area contributed by atoms with E-state index in [4.69, 9.17) is 4.74 Å². The maximum absolute atomic E-state index is 13.0. The monoisotopic (exact) mass is 360 g/mol. The van der Waals surface area contributed by atoms with Gasteiger partial charge in [0.2, 0.25) is 5.91 Å². The molecule has 2 aliphatic rings. The summed E-state index contributed by atoms with van der Waals surface area (Å²) in [5.74, 6) is -1.38. The van der Waals surface area contributed by atoms with Crippen molar-refractivity contribution in [2.24, 2.45) is 10.4 Å². The molecule has 10 heteroatoms. The number of carbonyl (C=O) groups excluding carboxylic acids is 3. The first kappa shape index (κ1) is 17.5. The summed E-state index contributed by atoms with van der Waals surface area (Å²) in [6.45, 7) is 2.32. The Balaban J connectivity index is 1.91. The largest absolute Gasteiger partial charge is 0.494 e. The first-order valence-electron chi connectivity index (χ1n) is 7.86. The number of rotatable bonds is 5. The van der Waals surface area contributed by atoms with Crippen LogP contribution in [0.2, 0.25) is 0 Å². The number of esters is 1. The molecule has 0 unspecified atom stereocenters. The average molecular weight is 360 g/mol. The normalized spacial score (nSPS) is 22.0. The predicted octanol–water partition coefficient (Wildman–Crippen LogP) is 1.00. The van der Waals surface area contributed by atoms with Gasteiger partial charge in [0.05, 0.1) is 31.1 Å². The van der Waals surface area contributed by atoms with E-state index in [0.717, 1.165) is 12.0 Å². The van der Waals surface area contributed by atoms with Gasteiger partial charge in [-0.2, -0.15) is 0 Å². The Morgan fingerprint density at radius 1 is 1.27 bits per heavy atom. The standard InChI is InChI=1S/C16H16N4O6/c1-3-26-11-6-4-10(5-7-11)19-13(21)9-16(15(19)23)8-12(14(22)25-2)17-20(16)18-24/h4-7H,3,8-9H2,1-2H3/t16-/m0/s1. The summed E-state index contributed by atoms with van der Waals surface area (Å²) in [4.78, 5) is 49.3. The fourth-order valence-electron chi connectivity index (χ4n) is 3.06. The number of hydrazone groups is 1. The number of anilines is 1. The summed E-state index contributed by atoms with van der Waals surface area (Å²) in [5.41, 5.74) is -1.44. The number of ether oxygens (including phenoxy) is 2. The van der Waals surface area contributed by atoms with Gasteiger partial charge in [-0.05, 0) is 31.2 Å². The van der Waals surface area contributed by atoms with Crippen LogP contribution in [0.5, 0.6) is 5.75 Å². The lowest BCUT2D eigenvalue weighted by molar-refractivity contribution is -0.132. The number of nitrogens with zero attached hydrogens (tertiary/aromatic N) is 4. The lowest BCUT2D eigenvalue weighted by Gasteiger charge is -2.24. The topological polar surface area (TPSA) is 118 Å². The molecule has 1 saturated heterocycles. The molecule has 2 amide bonds. The number of hydrogen-bond donors (Lipinski definition) is 0. The molecular formula is C16H16N4O6. The van der Waals surface area contributed by atoms with E-state index in [1.807, 2.05) is 6.92 Å². The Kier molecular flexibility index (Phi) is 4.41. The minimum absolute atomic E-state index is 0.137. The first-order chi connectivity index (χ1) is 12.5. The lowest BCUT2D eigenvalue weighted by atomic mass is 9.92. The van der Waals surface area contributed by atoms with Crippen LogP contribution in [-0.4, -0.2) is 47.9 Å². The molecule has 0 saturated carbocycles. The molecule has 1 aromatic rings. The molecule has 0 aliphatic carbocycles. The number of nitroso groups, excluding NO2 is 1. The van der Waals surface area contributed by atoms with E-state index < -0.39 is 23.3 Å². The van der Waals surface area contributed by atoms with Crippen LogP contribution in [-0.2, 0) is 19.1 Å². The molecule has 1 spiro atoms. The Bertz CT molecular complexity index is 805. The van der Waals surface area contributed by atoms with Crippen LogP contribution in [0.4, 0.5) is 5.69 Å². The number of methoxy groups -OCH3 is 1. The molecule has 1 atom stereocenters. The maximum atomic E-state index is 13.0. The van der Waals surface area contributed by atoms with Crippen molar-refractivity contribution in [3.05, 3.63) is 29.2 Å². The van der Waals surface area contributed by atoms with Gasteiger partial charge in [-0.25, -0.2) is 9.69 Å². The van der Waals surface area contributed by atoms with Crippen molar-refractivity contribution >= 4 is 29.2 Å². The SMILES string of the molecule is CCOc1ccc(N2C(=O)C[C@@]3(CC(C(=O)OC)=NN3N=O)C2=O)cc1. The Morgan fingerprint density at radius 3 is 2.54 bits per heavy atom. The van der Waals surface area contributed by atoms with Crippen LogP contribution >= 0.6 is 0 Å². The minimum Gasteiger partial charge on any atom is -0.494 e. The van der Waals surface area contributed by atoms with Crippen molar-refractivity contribution in [1.29, 1.82) is 0 Å². The quantitative estimate of drug-likeness (QED) is 0.437. The minimum atomic E-state index is -1.64. The Hall–Kier alpha value is -3.30. The first-order valence-corrected chi connectivity index (χ1v) is 7.86. The Morgan fingerprint density at radius 2 is 1.96 bits per heavy atom.